The molecule has 2 N–H and O–H groups in total. The zero-order valence-corrected chi connectivity index (χ0v) is 12.9. The van der Waals surface area contributed by atoms with E-state index in [-0.39, 0.29) is 17.3 Å². The number of carbonyl (C=O) groups excluding carboxylic acids is 2. The number of amides is 2. The Morgan fingerprint density at radius 2 is 2.00 bits per heavy atom. The highest BCUT2D eigenvalue weighted by molar-refractivity contribution is 7.91. The standard InChI is InChI=1S/C13H15ClN2O4S/c1-8(17)9-3-2-4-10(5-9)15-13(18)16-12-7-21(19,20)6-11(12)14/h2-5,11-12H,6-7H2,1H3,(H2,15,16,18). The molecule has 2 atom stereocenters. The van der Waals surface area contributed by atoms with Gasteiger partial charge in [0.1, 0.15) is 0 Å². The Bertz CT molecular complexity index is 675. The second-order valence-corrected chi connectivity index (χ2v) is 7.65. The normalized spacial score (nSPS) is 23.5. The fraction of sp³-hybridized carbons (Fsp3) is 0.385. The van der Waals surface area contributed by atoms with Crippen LogP contribution >= 0.6 is 11.6 Å². The molecule has 8 heteroatoms. The second-order valence-electron chi connectivity index (χ2n) is 4.93. The molecule has 1 fully saturated rings. The van der Waals surface area contributed by atoms with Crippen LogP contribution in [-0.2, 0) is 9.84 Å². The molecule has 1 saturated heterocycles. The van der Waals surface area contributed by atoms with E-state index in [1.165, 1.54) is 6.92 Å². The van der Waals surface area contributed by atoms with Gasteiger partial charge in [0.15, 0.2) is 15.6 Å². The molecule has 1 aromatic carbocycles. The summed E-state index contributed by atoms with van der Waals surface area (Å²) < 4.78 is 22.8. The van der Waals surface area contributed by atoms with Gasteiger partial charge in [-0.2, -0.15) is 0 Å². The highest BCUT2D eigenvalue weighted by Gasteiger charge is 2.37. The minimum atomic E-state index is -3.20. The van der Waals surface area contributed by atoms with Crippen molar-refractivity contribution < 1.29 is 18.0 Å². The van der Waals surface area contributed by atoms with Gasteiger partial charge in [-0.25, -0.2) is 13.2 Å². The molecule has 0 saturated carbocycles. The summed E-state index contributed by atoms with van der Waals surface area (Å²) in [5, 5.41) is 4.46. The summed E-state index contributed by atoms with van der Waals surface area (Å²) in [6, 6.07) is 5.30. The maximum Gasteiger partial charge on any atom is 0.319 e. The summed E-state index contributed by atoms with van der Waals surface area (Å²) in [6.45, 7) is 1.43. The number of Topliss-reactive ketones (excluding diaryl/α,β-unsaturated/α-hetero) is 1. The monoisotopic (exact) mass is 330 g/mol. The van der Waals surface area contributed by atoms with Gasteiger partial charge in [-0.05, 0) is 19.1 Å². The third kappa shape index (κ3) is 4.18. The molecule has 1 aliphatic rings. The minimum Gasteiger partial charge on any atom is -0.333 e. The van der Waals surface area contributed by atoms with Crippen molar-refractivity contribution in [2.45, 2.75) is 18.3 Å². The summed E-state index contributed by atoms with van der Waals surface area (Å²) in [5.41, 5.74) is 0.929. The van der Waals surface area contributed by atoms with Gasteiger partial charge in [0.05, 0.1) is 22.9 Å². The lowest BCUT2D eigenvalue weighted by atomic mass is 10.1. The average molecular weight is 331 g/mol. The van der Waals surface area contributed by atoms with Crippen LogP contribution in [0.5, 0.6) is 0 Å². The number of benzene rings is 1. The number of urea groups is 1. The maximum absolute atomic E-state index is 11.8. The number of sulfone groups is 1. The molecular weight excluding hydrogens is 316 g/mol. The molecule has 0 radical (unpaired) electrons. The first-order valence-electron chi connectivity index (χ1n) is 6.30. The van der Waals surface area contributed by atoms with Crippen LogP contribution in [0, 0.1) is 0 Å². The number of hydrogen-bond donors (Lipinski definition) is 2. The van der Waals surface area contributed by atoms with Gasteiger partial charge >= 0.3 is 6.03 Å². The smallest absolute Gasteiger partial charge is 0.319 e. The number of nitrogens with one attached hydrogen (secondary N) is 2. The van der Waals surface area contributed by atoms with E-state index in [0.29, 0.717) is 11.3 Å². The summed E-state index contributed by atoms with van der Waals surface area (Å²) in [4.78, 5) is 23.1. The molecule has 0 aromatic heterocycles. The maximum atomic E-state index is 11.8. The van der Waals surface area contributed by atoms with E-state index in [0.717, 1.165) is 0 Å². The summed E-state index contributed by atoms with van der Waals surface area (Å²) in [7, 11) is -3.20. The number of ketones is 1. The first kappa shape index (κ1) is 15.8. The van der Waals surface area contributed by atoms with Crippen molar-refractivity contribution in [1.82, 2.24) is 5.32 Å². The van der Waals surface area contributed by atoms with Crippen LogP contribution in [0.4, 0.5) is 10.5 Å². The predicted octanol–water partition coefficient (Wildman–Crippen LogP) is 1.42. The Hall–Kier alpha value is -1.60. The third-order valence-corrected chi connectivity index (χ3v) is 5.50. The zero-order chi connectivity index (χ0) is 15.6. The SMILES string of the molecule is CC(=O)c1cccc(NC(=O)NC2CS(=O)(=O)CC2Cl)c1. The summed E-state index contributed by atoms with van der Waals surface area (Å²) in [6.07, 6.45) is 0. The molecule has 0 bridgehead atoms. The number of rotatable bonds is 3. The lowest BCUT2D eigenvalue weighted by Gasteiger charge is -2.15. The van der Waals surface area contributed by atoms with Gasteiger partial charge < -0.3 is 10.6 Å². The summed E-state index contributed by atoms with van der Waals surface area (Å²) in [5.74, 6) is -0.414. The van der Waals surface area contributed by atoms with Crippen molar-refractivity contribution in [3.05, 3.63) is 29.8 Å². The van der Waals surface area contributed by atoms with Gasteiger partial charge in [-0.3, -0.25) is 4.79 Å². The Kier molecular flexibility index (Phi) is 4.53. The zero-order valence-electron chi connectivity index (χ0n) is 11.3. The van der Waals surface area contributed by atoms with Gasteiger partial charge in [-0.1, -0.05) is 12.1 Å². The number of alkyl halides is 1. The van der Waals surface area contributed by atoms with Gasteiger partial charge in [-0.15, -0.1) is 11.6 Å². The quantitative estimate of drug-likeness (QED) is 0.647. The average Bonchev–Trinajstić information content (AvgIpc) is 2.62. The van der Waals surface area contributed by atoms with E-state index >= 15 is 0 Å². The molecule has 2 rings (SSSR count). The molecule has 2 amide bonds. The first-order valence-corrected chi connectivity index (χ1v) is 8.55. The van der Waals surface area contributed by atoms with Crippen molar-refractivity contribution in [2.24, 2.45) is 0 Å². The second kappa shape index (κ2) is 6.03. The van der Waals surface area contributed by atoms with Crippen LogP contribution < -0.4 is 10.6 Å². The Balaban J connectivity index is 1.99. The number of carbonyl (C=O) groups is 2. The fourth-order valence-corrected chi connectivity index (χ4v) is 4.64. The lowest BCUT2D eigenvalue weighted by Crippen LogP contribution is -2.42. The summed E-state index contributed by atoms with van der Waals surface area (Å²) >= 11 is 5.91. The van der Waals surface area contributed by atoms with Crippen LogP contribution in [0.15, 0.2) is 24.3 Å². The molecule has 2 unspecified atom stereocenters. The molecule has 21 heavy (non-hydrogen) atoms. The lowest BCUT2D eigenvalue weighted by molar-refractivity contribution is 0.101. The van der Waals surface area contributed by atoms with E-state index in [1.807, 2.05) is 0 Å². The molecular formula is C13H15ClN2O4S. The Morgan fingerprint density at radius 3 is 2.57 bits per heavy atom. The Morgan fingerprint density at radius 1 is 1.29 bits per heavy atom. The molecule has 0 aliphatic carbocycles. The van der Waals surface area contributed by atoms with E-state index in [9.17, 15) is 18.0 Å². The van der Waals surface area contributed by atoms with Crippen LogP contribution in [0.3, 0.4) is 0 Å². The van der Waals surface area contributed by atoms with Crippen molar-refractivity contribution >= 4 is 38.9 Å². The molecule has 1 heterocycles. The van der Waals surface area contributed by atoms with E-state index in [2.05, 4.69) is 10.6 Å². The van der Waals surface area contributed by atoms with E-state index in [1.54, 1.807) is 24.3 Å². The molecule has 6 nitrogen and oxygen atoms in total. The third-order valence-electron chi connectivity index (χ3n) is 3.13. The number of hydrogen-bond acceptors (Lipinski definition) is 4. The number of anilines is 1. The van der Waals surface area contributed by atoms with Crippen molar-refractivity contribution in [1.29, 1.82) is 0 Å². The fourth-order valence-electron chi connectivity index (χ4n) is 2.09. The molecule has 0 spiro atoms. The van der Waals surface area contributed by atoms with Gasteiger partial charge in [0.25, 0.3) is 0 Å². The van der Waals surface area contributed by atoms with Crippen molar-refractivity contribution in [3.63, 3.8) is 0 Å². The van der Waals surface area contributed by atoms with Crippen LogP contribution in [0.1, 0.15) is 17.3 Å². The van der Waals surface area contributed by atoms with Gasteiger partial charge in [0, 0.05) is 11.3 Å². The van der Waals surface area contributed by atoms with Crippen molar-refractivity contribution in [2.75, 3.05) is 16.8 Å². The van der Waals surface area contributed by atoms with Crippen LogP contribution in [0.25, 0.3) is 0 Å². The highest BCUT2D eigenvalue weighted by atomic mass is 35.5. The largest absolute Gasteiger partial charge is 0.333 e. The van der Waals surface area contributed by atoms with E-state index < -0.39 is 27.3 Å². The first-order chi connectivity index (χ1) is 9.77. The van der Waals surface area contributed by atoms with Crippen LogP contribution in [0.2, 0.25) is 0 Å². The van der Waals surface area contributed by atoms with Crippen LogP contribution in [-0.4, -0.2) is 43.2 Å². The van der Waals surface area contributed by atoms with Crippen molar-refractivity contribution in [3.8, 4) is 0 Å². The predicted molar refractivity (Wildman–Crippen MR) is 80.7 cm³/mol. The minimum absolute atomic E-state index is 0.109. The molecule has 1 aromatic rings. The topological polar surface area (TPSA) is 92.3 Å². The van der Waals surface area contributed by atoms with Gasteiger partial charge in [0.2, 0.25) is 0 Å². The van der Waals surface area contributed by atoms with E-state index in [4.69, 9.17) is 11.6 Å². The highest BCUT2D eigenvalue weighted by Crippen LogP contribution is 2.18. The Labute approximate surface area is 127 Å². The molecule has 1 aliphatic heterocycles. The molecule has 114 valence electrons. The number of halogens is 1.